The van der Waals surface area contributed by atoms with E-state index < -0.39 is 24.2 Å². The smallest absolute Gasteiger partial charge is 0.247 e. The van der Waals surface area contributed by atoms with E-state index in [-0.39, 0.29) is 31.0 Å². The van der Waals surface area contributed by atoms with Crippen molar-refractivity contribution in [3.8, 4) is 5.75 Å². The molecule has 0 bridgehead atoms. The molecule has 7 heteroatoms. The molecule has 1 aliphatic heterocycles. The second-order valence-electron chi connectivity index (χ2n) is 9.10. The van der Waals surface area contributed by atoms with Crippen LogP contribution in [0, 0.1) is 0 Å². The van der Waals surface area contributed by atoms with E-state index in [0.717, 1.165) is 37.7 Å². The maximum atomic E-state index is 13.4. The van der Waals surface area contributed by atoms with Gasteiger partial charge in [0.05, 0.1) is 18.6 Å². The third-order valence-corrected chi connectivity index (χ3v) is 7.02. The second-order valence-corrected chi connectivity index (χ2v) is 9.10. The van der Waals surface area contributed by atoms with Crippen LogP contribution < -0.4 is 10.1 Å². The molecule has 0 saturated heterocycles. The van der Waals surface area contributed by atoms with E-state index in [1.807, 2.05) is 29.2 Å². The van der Waals surface area contributed by atoms with Crippen molar-refractivity contribution in [1.29, 1.82) is 0 Å². The lowest BCUT2D eigenvalue weighted by Crippen LogP contribution is -2.58. The molecule has 2 aliphatic carbocycles. The molecule has 0 unspecified atom stereocenters. The van der Waals surface area contributed by atoms with Gasteiger partial charge in [-0.25, -0.2) is 0 Å². The fraction of sp³-hybridized carbons (Fsp3) is 0.538. The zero-order chi connectivity index (χ0) is 23.4. The van der Waals surface area contributed by atoms with Gasteiger partial charge in [0, 0.05) is 30.1 Å². The van der Waals surface area contributed by atoms with Crippen LogP contribution >= 0.6 is 0 Å². The predicted molar refractivity (Wildman–Crippen MR) is 125 cm³/mol. The molecule has 1 saturated carbocycles. The summed E-state index contributed by atoms with van der Waals surface area (Å²) in [5.41, 5.74) is 1.33. The molecule has 4 rings (SSSR count). The molecule has 3 aliphatic rings. The summed E-state index contributed by atoms with van der Waals surface area (Å²) in [6, 6.07) is 6.87. The first-order chi connectivity index (χ1) is 16.1. The van der Waals surface area contributed by atoms with Crippen molar-refractivity contribution in [1.82, 2.24) is 10.2 Å². The molecule has 33 heavy (non-hydrogen) atoms. The number of fused-ring (bicyclic) bond motifs is 3. The summed E-state index contributed by atoms with van der Waals surface area (Å²) in [5.74, 6) is -0.123. The molecular formula is C26H34N2O5. The Bertz CT molecular complexity index is 908. The minimum absolute atomic E-state index is 0.0223. The number of carbonyl (C=O) groups excluding carboxylic acids is 2. The number of para-hydroxylation sites is 1. The fourth-order valence-corrected chi connectivity index (χ4v) is 5.49. The minimum Gasteiger partial charge on any atom is -0.486 e. The monoisotopic (exact) mass is 454 g/mol. The van der Waals surface area contributed by atoms with Crippen LogP contribution in [-0.4, -0.2) is 64.4 Å². The van der Waals surface area contributed by atoms with Crippen molar-refractivity contribution in [2.75, 3.05) is 13.2 Å². The molecule has 0 radical (unpaired) electrons. The highest BCUT2D eigenvalue weighted by atomic mass is 16.5. The van der Waals surface area contributed by atoms with Crippen molar-refractivity contribution in [3.63, 3.8) is 0 Å². The van der Waals surface area contributed by atoms with Crippen LogP contribution in [0.3, 0.4) is 0 Å². The number of aliphatic hydroxyl groups is 2. The Labute approximate surface area is 195 Å². The van der Waals surface area contributed by atoms with Gasteiger partial charge in [-0.15, -0.1) is 6.58 Å². The Kier molecular flexibility index (Phi) is 7.50. The highest BCUT2D eigenvalue weighted by Gasteiger charge is 2.51. The lowest BCUT2D eigenvalue weighted by molar-refractivity contribution is -0.141. The topological polar surface area (TPSA) is 99.1 Å². The van der Waals surface area contributed by atoms with E-state index in [2.05, 4.69) is 11.9 Å². The third-order valence-electron chi connectivity index (χ3n) is 7.02. The number of amides is 2. The predicted octanol–water partition coefficient (Wildman–Crippen LogP) is 2.44. The minimum atomic E-state index is -0.966. The highest BCUT2D eigenvalue weighted by molar-refractivity contribution is 5.96. The van der Waals surface area contributed by atoms with Gasteiger partial charge >= 0.3 is 0 Å². The summed E-state index contributed by atoms with van der Waals surface area (Å²) in [7, 11) is 0. The first kappa shape index (κ1) is 23.5. The average molecular weight is 455 g/mol. The normalized spacial score (nSPS) is 26.4. The molecule has 0 aromatic heterocycles. The number of hydrogen-bond donors (Lipinski definition) is 3. The summed E-state index contributed by atoms with van der Waals surface area (Å²) in [6.07, 6.45) is 7.75. The molecule has 1 heterocycles. The van der Waals surface area contributed by atoms with Gasteiger partial charge in [0.2, 0.25) is 11.8 Å². The van der Waals surface area contributed by atoms with Crippen LogP contribution in [0.2, 0.25) is 0 Å². The largest absolute Gasteiger partial charge is 0.486 e. The molecule has 1 fully saturated rings. The summed E-state index contributed by atoms with van der Waals surface area (Å²) >= 11 is 0. The Morgan fingerprint density at radius 3 is 2.70 bits per heavy atom. The van der Waals surface area contributed by atoms with E-state index in [0.29, 0.717) is 24.2 Å². The van der Waals surface area contributed by atoms with E-state index >= 15 is 0 Å². The van der Waals surface area contributed by atoms with Crippen molar-refractivity contribution < 1.29 is 24.5 Å². The van der Waals surface area contributed by atoms with E-state index in [4.69, 9.17) is 4.74 Å². The van der Waals surface area contributed by atoms with Crippen LogP contribution in [0.5, 0.6) is 5.75 Å². The number of allylic oxidation sites excluding steroid dienone is 1. The number of nitrogens with zero attached hydrogens (tertiary/aromatic N) is 1. The van der Waals surface area contributed by atoms with Crippen molar-refractivity contribution in [3.05, 3.63) is 54.1 Å². The van der Waals surface area contributed by atoms with Crippen molar-refractivity contribution in [2.24, 2.45) is 0 Å². The molecule has 7 nitrogen and oxygen atoms in total. The molecule has 1 aromatic rings. The maximum absolute atomic E-state index is 13.4. The van der Waals surface area contributed by atoms with Gasteiger partial charge < -0.3 is 25.2 Å². The zero-order valence-electron chi connectivity index (χ0n) is 19.0. The first-order valence-corrected chi connectivity index (χ1v) is 12.0. The molecule has 0 spiro atoms. The molecule has 4 atom stereocenters. The fourth-order valence-electron chi connectivity index (χ4n) is 5.49. The Balaban J connectivity index is 1.74. The second kappa shape index (κ2) is 10.5. The summed E-state index contributed by atoms with van der Waals surface area (Å²) < 4.78 is 6.16. The van der Waals surface area contributed by atoms with Crippen LogP contribution in [0.25, 0.3) is 0 Å². The van der Waals surface area contributed by atoms with Gasteiger partial charge in [0.1, 0.15) is 18.0 Å². The van der Waals surface area contributed by atoms with Gasteiger partial charge in [-0.1, -0.05) is 43.5 Å². The lowest BCUT2D eigenvalue weighted by atomic mass is 9.76. The number of hydrogen-bond acceptors (Lipinski definition) is 5. The number of carbonyl (C=O) groups is 2. The average Bonchev–Trinajstić information content (AvgIpc) is 3.23. The van der Waals surface area contributed by atoms with Gasteiger partial charge in [-0.2, -0.15) is 0 Å². The number of nitrogens with one attached hydrogen (secondary N) is 1. The first-order valence-electron chi connectivity index (χ1n) is 12.0. The molecule has 2 amide bonds. The summed E-state index contributed by atoms with van der Waals surface area (Å²) in [6.45, 7) is 3.70. The van der Waals surface area contributed by atoms with Crippen molar-refractivity contribution in [2.45, 2.75) is 75.2 Å². The number of aliphatic hydroxyl groups excluding tert-OH is 2. The molecule has 1 aromatic carbocycles. The van der Waals surface area contributed by atoms with Gasteiger partial charge in [0.15, 0.2) is 0 Å². The maximum Gasteiger partial charge on any atom is 0.247 e. The van der Waals surface area contributed by atoms with Crippen LogP contribution in [0.4, 0.5) is 0 Å². The van der Waals surface area contributed by atoms with E-state index in [9.17, 15) is 19.8 Å². The van der Waals surface area contributed by atoms with Gasteiger partial charge in [-0.3, -0.25) is 9.59 Å². The zero-order valence-corrected chi connectivity index (χ0v) is 19.0. The van der Waals surface area contributed by atoms with Gasteiger partial charge in [0.25, 0.3) is 0 Å². The van der Waals surface area contributed by atoms with Crippen molar-refractivity contribution >= 4 is 11.8 Å². The third kappa shape index (κ3) is 4.70. The van der Waals surface area contributed by atoms with Crippen LogP contribution in [0.15, 0.2) is 48.6 Å². The van der Waals surface area contributed by atoms with E-state index in [1.54, 1.807) is 12.2 Å². The van der Waals surface area contributed by atoms with Gasteiger partial charge in [-0.05, 0) is 31.4 Å². The summed E-state index contributed by atoms with van der Waals surface area (Å²) in [5, 5.41) is 23.5. The van der Waals surface area contributed by atoms with E-state index in [1.165, 1.54) is 0 Å². The quantitative estimate of drug-likeness (QED) is 0.524. The Hall–Kier alpha value is -2.64. The lowest BCUT2D eigenvalue weighted by Gasteiger charge is -2.45. The van der Waals surface area contributed by atoms with Crippen LogP contribution in [0.1, 0.15) is 56.4 Å². The molecule has 178 valence electrons. The van der Waals surface area contributed by atoms with Crippen LogP contribution in [-0.2, 0) is 9.59 Å². The SMILES string of the molecule is C=CCCC(=O)N(C1CCCCC1)[C@@H]1C=C(C(=O)NCCO)[C@@H]2c3ccccc3O[C@@H]2[C@H]1O. The Morgan fingerprint density at radius 1 is 1.21 bits per heavy atom. The highest BCUT2D eigenvalue weighted by Crippen LogP contribution is 2.47. The standard InChI is InChI=1S/C26H34N2O5/c1-2-3-13-22(30)28(17-9-5-4-6-10-17)20-16-19(26(32)27-14-15-29)23-18-11-7-8-12-21(18)33-25(23)24(20)31/h2,7-8,11-12,16-17,20,23-25,29,31H,1,3-6,9-10,13-15H2,(H,27,32)/t20-,23+,24+,25+/m1/s1. The Morgan fingerprint density at radius 2 is 1.97 bits per heavy atom. The number of ether oxygens (including phenoxy) is 1. The summed E-state index contributed by atoms with van der Waals surface area (Å²) in [4.78, 5) is 28.3. The molecular weight excluding hydrogens is 420 g/mol. The number of rotatable bonds is 8. The molecule has 3 N–H and O–H groups in total. The number of benzene rings is 1.